The predicted molar refractivity (Wildman–Crippen MR) is 93.1 cm³/mol. The van der Waals surface area contributed by atoms with Crippen molar-refractivity contribution >= 4 is 22.6 Å². The molecule has 0 radical (unpaired) electrons. The Kier molecular flexibility index (Phi) is 5.15. The van der Waals surface area contributed by atoms with E-state index in [1.165, 1.54) is 0 Å². The molecule has 2 aromatic rings. The highest BCUT2D eigenvalue weighted by molar-refractivity contribution is 6.13. The molecule has 1 aromatic heterocycles. The van der Waals surface area contributed by atoms with Gasteiger partial charge in [0, 0.05) is 37.6 Å². The van der Waals surface area contributed by atoms with Crippen molar-refractivity contribution in [2.45, 2.75) is 19.4 Å². The topological polar surface area (TPSA) is 75.3 Å². The number of hydrogen-bond donors (Lipinski definition) is 0. The summed E-state index contributed by atoms with van der Waals surface area (Å²) in [5.41, 5.74) is 1.28. The molecule has 1 fully saturated rings. The first-order valence-corrected chi connectivity index (χ1v) is 8.47. The van der Waals surface area contributed by atoms with Gasteiger partial charge in [-0.25, -0.2) is 0 Å². The quantitative estimate of drug-likeness (QED) is 0.597. The Bertz CT molecular complexity index is 828. The first-order valence-electron chi connectivity index (χ1n) is 8.47. The molecule has 6 nitrogen and oxygen atoms in total. The highest BCUT2D eigenvalue weighted by Crippen LogP contribution is 2.23. The smallest absolute Gasteiger partial charge is 0.248 e. The van der Waals surface area contributed by atoms with Crippen molar-refractivity contribution in [1.29, 1.82) is 5.26 Å². The van der Waals surface area contributed by atoms with Gasteiger partial charge in [0.05, 0.1) is 18.4 Å². The zero-order chi connectivity index (χ0) is 17.8. The molecule has 0 aliphatic carbocycles. The number of ketones is 1. The summed E-state index contributed by atoms with van der Waals surface area (Å²) in [6.45, 7) is 2.17. The van der Waals surface area contributed by atoms with Gasteiger partial charge in [0.15, 0.2) is 5.92 Å². The van der Waals surface area contributed by atoms with Crippen LogP contribution in [-0.4, -0.2) is 48.0 Å². The SMILES string of the molecule is COCCn1c(C(=O)[C@H](C#N)C(=O)N2CCCC2)cc2ccccc21. The Morgan fingerprint density at radius 3 is 2.68 bits per heavy atom. The molecule has 0 saturated carbocycles. The molecule has 1 saturated heterocycles. The maximum atomic E-state index is 13.0. The van der Waals surface area contributed by atoms with Crippen LogP contribution in [-0.2, 0) is 16.1 Å². The highest BCUT2D eigenvalue weighted by Gasteiger charge is 2.34. The van der Waals surface area contributed by atoms with E-state index < -0.39 is 11.7 Å². The first kappa shape index (κ1) is 17.2. The molecular weight excluding hydrogens is 318 g/mol. The second-order valence-corrected chi connectivity index (χ2v) is 6.19. The lowest BCUT2D eigenvalue weighted by atomic mass is 10.0. The maximum Gasteiger partial charge on any atom is 0.248 e. The van der Waals surface area contributed by atoms with Gasteiger partial charge in [-0.2, -0.15) is 5.26 Å². The van der Waals surface area contributed by atoms with Gasteiger partial charge in [-0.1, -0.05) is 18.2 Å². The molecule has 6 heteroatoms. The van der Waals surface area contributed by atoms with Crippen LogP contribution in [0.5, 0.6) is 0 Å². The zero-order valence-electron chi connectivity index (χ0n) is 14.3. The summed E-state index contributed by atoms with van der Waals surface area (Å²) in [4.78, 5) is 27.2. The number of ether oxygens (including phenoxy) is 1. The summed E-state index contributed by atoms with van der Waals surface area (Å²) in [5, 5.41) is 10.4. The number of nitrogens with zero attached hydrogens (tertiary/aromatic N) is 3. The number of likely N-dealkylation sites (tertiary alicyclic amines) is 1. The molecule has 1 aromatic carbocycles. The van der Waals surface area contributed by atoms with Crippen LogP contribution >= 0.6 is 0 Å². The maximum absolute atomic E-state index is 13.0. The van der Waals surface area contributed by atoms with Crippen molar-refractivity contribution in [3.8, 4) is 6.07 Å². The highest BCUT2D eigenvalue weighted by atomic mass is 16.5. The van der Waals surface area contributed by atoms with Gasteiger partial charge in [0.1, 0.15) is 0 Å². The average Bonchev–Trinajstić information content (AvgIpc) is 3.28. The van der Waals surface area contributed by atoms with Gasteiger partial charge in [-0.05, 0) is 25.0 Å². The second kappa shape index (κ2) is 7.49. The van der Waals surface area contributed by atoms with Gasteiger partial charge in [0.2, 0.25) is 11.7 Å². The van der Waals surface area contributed by atoms with Crippen molar-refractivity contribution in [3.05, 3.63) is 36.0 Å². The number of rotatable bonds is 6. The minimum Gasteiger partial charge on any atom is -0.383 e. The molecule has 0 bridgehead atoms. The van der Waals surface area contributed by atoms with Crippen molar-refractivity contribution in [1.82, 2.24) is 9.47 Å². The minimum absolute atomic E-state index is 0.381. The molecule has 1 amide bonds. The molecule has 0 unspecified atom stereocenters. The van der Waals surface area contributed by atoms with Gasteiger partial charge >= 0.3 is 0 Å². The van der Waals surface area contributed by atoms with E-state index >= 15 is 0 Å². The summed E-state index contributed by atoms with van der Waals surface area (Å²) in [7, 11) is 1.60. The Morgan fingerprint density at radius 2 is 2.00 bits per heavy atom. The zero-order valence-corrected chi connectivity index (χ0v) is 14.3. The lowest BCUT2D eigenvalue weighted by Gasteiger charge is -2.18. The van der Waals surface area contributed by atoms with E-state index in [0.29, 0.717) is 31.9 Å². The van der Waals surface area contributed by atoms with E-state index in [9.17, 15) is 14.9 Å². The predicted octanol–water partition coefficient (Wildman–Crippen LogP) is 2.23. The molecule has 1 aliphatic heterocycles. The first-order chi connectivity index (χ1) is 12.2. The molecule has 25 heavy (non-hydrogen) atoms. The fraction of sp³-hybridized carbons (Fsp3) is 0.421. The number of fused-ring (bicyclic) bond motifs is 1. The number of amides is 1. The third-order valence-electron chi connectivity index (χ3n) is 4.64. The minimum atomic E-state index is -1.29. The van der Waals surface area contributed by atoms with Crippen molar-refractivity contribution in [3.63, 3.8) is 0 Å². The van der Waals surface area contributed by atoms with Gasteiger partial charge in [0.25, 0.3) is 0 Å². The number of Topliss-reactive ketones (excluding diaryl/α,β-unsaturated/α-hetero) is 1. The number of benzene rings is 1. The Labute approximate surface area is 146 Å². The normalized spacial score (nSPS) is 15.3. The molecule has 0 spiro atoms. The molecule has 1 aliphatic rings. The third-order valence-corrected chi connectivity index (χ3v) is 4.64. The summed E-state index contributed by atoms with van der Waals surface area (Å²) in [5.74, 6) is -2.11. The van der Waals surface area contributed by atoms with E-state index in [0.717, 1.165) is 23.7 Å². The van der Waals surface area contributed by atoms with Crippen molar-refractivity contribution < 1.29 is 14.3 Å². The van der Waals surface area contributed by atoms with Gasteiger partial charge < -0.3 is 14.2 Å². The molecule has 0 N–H and O–H groups in total. The largest absolute Gasteiger partial charge is 0.383 e. The van der Waals surface area contributed by atoms with E-state index in [1.54, 1.807) is 18.1 Å². The van der Waals surface area contributed by atoms with Crippen LogP contribution in [0.2, 0.25) is 0 Å². The third kappa shape index (κ3) is 3.28. The average molecular weight is 339 g/mol. The summed E-state index contributed by atoms with van der Waals surface area (Å²) in [6.07, 6.45) is 1.85. The number of carbonyl (C=O) groups is 2. The van der Waals surface area contributed by atoms with E-state index in [2.05, 4.69) is 0 Å². The van der Waals surface area contributed by atoms with Crippen LogP contribution in [0.15, 0.2) is 30.3 Å². The fourth-order valence-electron chi connectivity index (χ4n) is 3.33. The molecule has 130 valence electrons. The number of carbonyl (C=O) groups excluding carboxylic acids is 2. The van der Waals surface area contributed by atoms with Crippen LogP contribution in [0, 0.1) is 17.2 Å². The standard InChI is InChI=1S/C19H21N3O3/c1-25-11-10-22-16-7-3-2-6-14(16)12-17(22)18(23)15(13-20)19(24)21-8-4-5-9-21/h2-3,6-7,12,15H,4-5,8-11H2,1H3/t15-/m0/s1. The van der Waals surface area contributed by atoms with Gasteiger partial charge in [-0.3, -0.25) is 9.59 Å². The lowest BCUT2D eigenvalue weighted by Crippen LogP contribution is -2.37. The Balaban J connectivity index is 1.97. The van der Waals surface area contributed by atoms with E-state index in [4.69, 9.17) is 4.74 Å². The summed E-state index contributed by atoms with van der Waals surface area (Å²) in [6, 6.07) is 11.3. The summed E-state index contributed by atoms with van der Waals surface area (Å²) < 4.78 is 6.98. The molecule has 1 atom stereocenters. The number of nitriles is 1. The van der Waals surface area contributed by atoms with Gasteiger partial charge in [-0.15, -0.1) is 0 Å². The van der Waals surface area contributed by atoms with Crippen LogP contribution < -0.4 is 0 Å². The molecule has 2 heterocycles. The number of methoxy groups -OCH3 is 1. The second-order valence-electron chi connectivity index (χ2n) is 6.19. The van der Waals surface area contributed by atoms with E-state index in [1.807, 2.05) is 34.9 Å². The van der Waals surface area contributed by atoms with Crippen LogP contribution in [0.4, 0.5) is 0 Å². The fourth-order valence-corrected chi connectivity index (χ4v) is 3.33. The lowest BCUT2D eigenvalue weighted by molar-refractivity contribution is -0.131. The number of aromatic nitrogens is 1. The molecule has 3 rings (SSSR count). The Hall–Kier alpha value is -2.65. The Morgan fingerprint density at radius 1 is 1.28 bits per heavy atom. The van der Waals surface area contributed by atoms with Crippen LogP contribution in [0.25, 0.3) is 10.9 Å². The number of para-hydroxylation sites is 1. The van der Waals surface area contributed by atoms with Crippen LogP contribution in [0.1, 0.15) is 23.3 Å². The van der Waals surface area contributed by atoms with Crippen molar-refractivity contribution in [2.24, 2.45) is 5.92 Å². The number of hydrogen-bond acceptors (Lipinski definition) is 4. The summed E-state index contributed by atoms with van der Waals surface area (Å²) >= 11 is 0. The van der Waals surface area contributed by atoms with Crippen molar-refractivity contribution in [2.75, 3.05) is 26.8 Å². The molecular formula is C19H21N3O3. The monoisotopic (exact) mass is 339 g/mol. The van der Waals surface area contributed by atoms with Crippen LogP contribution in [0.3, 0.4) is 0 Å². The van der Waals surface area contributed by atoms with E-state index in [-0.39, 0.29) is 5.91 Å².